The Bertz CT molecular complexity index is 695. The second-order valence-electron chi connectivity index (χ2n) is 4.46. The topological polar surface area (TPSA) is 61.2 Å². The van der Waals surface area contributed by atoms with Crippen LogP contribution in [-0.2, 0) is 9.53 Å². The molecule has 21 heavy (non-hydrogen) atoms. The second-order valence-corrected chi connectivity index (χ2v) is 4.46. The Morgan fingerprint density at radius 2 is 1.95 bits per heavy atom. The molecule has 0 aliphatic heterocycles. The van der Waals surface area contributed by atoms with Gasteiger partial charge in [-0.25, -0.2) is 13.9 Å². The number of carbonyl (C=O) groups excluding carboxylic acids is 1. The lowest BCUT2D eigenvalue weighted by molar-refractivity contribution is -0.145. The normalized spacial score (nSPS) is 12.0. The lowest BCUT2D eigenvalue weighted by Crippen LogP contribution is -2.32. The minimum atomic E-state index is -0.775. The van der Waals surface area contributed by atoms with Gasteiger partial charge in [0.05, 0.1) is 12.8 Å². The first-order valence-corrected chi connectivity index (χ1v) is 6.50. The number of halogens is 1. The van der Waals surface area contributed by atoms with E-state index in [1.54, 1.807) is 19.1 Å². The SMILES string of the molecule is CCC(C(=O)OC)n1nc(-c2ccc(F)cc2)ccc1=O. The third kappa shape index (κ3) is 3.16. The lowest BCUT2D eigenvalue weighted by atomic mass is 10.1. The molecule has 1 heterocycles. The van der Waals surface area contributed by atoms with Crippen LogP contribution in [0.25, 0.3) is 11.3 Å². The predicted molar refractivity (Wildman–Crippen MR) is 75.2 cm³/mol. The number of hydrogen-bond acceptors (Lipinski definition) is 4. The van der Waals surface area contributed by atoms with E-state index in [4.69, 9.17) is 0 Å². The van der Waals surface area contributed by atoms with Crippen molar-refractivity contribution in [2.75, 3.05) is 7.11 Å². The number of carbonyl (C=O) groups is 1. The molecular weight excluding hydrogens is 275 g/mol. The van der Waals surface area contributed by atoms with Crippen molar-refractivity contribution in [3.8, 4) is 11.3 Å². The van der Waals surface area contributed by atoms with Crippen molar-refractivity contribution in [3.63, 3.8) is 0 Å². The van der Waals surface area contributed by atoms with Crippen LogP contribution < -0.4 is 5.56 Å². The van der Waals surface area contributed by atoms with Crippen LogP contribution in [0.15, 0.2) is 41.2 Å². The van der Waals surface area contributed by atoms with Crippen molar-refractivity contribution in [2.45, 2.75) is 19.4 Å². The third-order valence-electron chi connectivity index (χ3n) is 3.12. The molecule has 0 fully saturated rings. The zero-order valence-electron chi connectivity index (χ0n) is 11.7. The summed E-state index contributed by atoms with van der Waals surface area (Å²) in [6.07, 6.45) is 0.381. The van der Waals surface area contributed by atoms with E-state index < -0.39 is 17.6 Å². The Balaban J connectivity index is 2.48. The summed E-state index contributed by atoms with van der Waals surface area (Å²) in [6, 6.07) is 7.83. The molecule has 0 amide bonds. The highest BCUT2D eigenvalue weighted by Gasteiger charge is 2.21. The van der Waals surface area contributed by atoms with Gasteiger partial charge >= 0.3 is 5.97 Å². The molecule has 0 saturated heterocycles. The van der Waals surface area contributed by atoms with Crippen molar-refractivity contribution in [3.05, 3.63) is 52.6 Å². The van der Waals surface area contributed by atoms with Crippen molar-refractivity contribution >= 4 is 5.97 Å². The summed E-state index contributed by atoms with van der Waals surface area (Å²) < 4.78 is 18.7. The molecule has 0 aliphatic carbocycles. The van der Waals surface area contributed by atoms with Crippen LogP contribution in [0.2, 0.25) is 0 Å². The molecule has 0 spiro atoms. The summed E-state index contributed by atoms with van der Waals surface area (Å²) in [5.74, 6) is -0.878. The average Bonchev–Trinajstić information content (AvgIpc) is 2.50. The van der Waals surface area contributed by atoms with Gasteiger partial charge in [-0.1, -0.05) is 6.92 Å². The molecule has 1 atom stereocenters. The summed E-state index contributed by atoms with van der Waals surface area (Å²) in [6.45, 7) is 1.76. The highest BCUT2D eigenvalue weighted by molar-refractivity contribution is 5.73. The van der Waals surface area contributed by atoms with Gasteiger partial charge in [-0.2, -0.15) is 5.10 Å². The molecule has 6 heteroatoms. The zero-order chi connectivity index (χ0) is 15.4. The Labute approximate surface area is 121 Å². The minimum Gasteiger partial charge on any atom is -0.467 e. The van der Waals surface area contributed by atoms with Gasteiger partial charge in [-0.15, -0.1) is 0 Å². The lowest BCUT2D eigenvalue weighted by Gasteiger charge is -2.15. The summed E-state index contributed by atoms with van der Waals surface area (Å²) in [7, 11) is 1.26. The maximum Gasteiger partial charge on any atom is 0.330 e. The van der Waals surface area contributed by atoms with Crippen LogP contribution in [0, 0.1) is 5.82 Å². The Kier molecular flexibility index (Phi) is 4.47. The quantitative estimate of drug-likeness (QED) is 0.810. The van der Waals surface area contributed by atoms with E-state index in [0.29, 0.717) is 17.7 Å². The van der Waals surface area contributed by atoms with Crippen LogP contribution >= 0.6 is 0 Å². The second kappa shape index (κ2) is 6.30. The van der Waals surface area contributed by atoms with Crippen LogP contribution in [0.5, 0.6) is 0 Å². The summed E-state index contributed by atoms with van der Waals surface area (Å²) in [5.41, 5.74) is 0.750. The summed E-state index contributed by atoms with van der Waals surface area (Å²) in [5, 5.41) is 4.19. The molecule has 0 saturated carbocycles. The maximum atomic E-state index is 12.9. The number of benzene rings is 1. The maximum absolute atomic E-state index is 12.9. The number of methoxy groups -OCH3 is 1. The van der Waals surface area contributed by atoms with Crippen LogP contribution in [0.1, 0.15) is 19.4 Å². The molecule has 0 bridgehead atoms. The Morgan fingerprint density at radius 1 is 1.29 bits per heavy atom. The smallest absolute Gasteiger partial charge is 0.330 e. The van der Waals surface area contributed by atoms with Crippen molar-refractivity contribution in [1.29, 1.82) is 0 Å². The Morgan fingerprint density at radius 3 is 2.52 bits per heavy atom. The third-order valence-corrected chi connectivity index (χ3v) is 3.12. The van der Waals surface area contributed by atoms with Gasteiger partial charge in [0.15, 0.2) is 6.04 Å². The molecule has 0 N–H and O–H groups in total. The number of hydrogen-bond donors (Lipinski definition) is 0. The van der Waals surface area contributed by atoms with E-state index in [-0.39, 0.29) is 5.82 Å². The fraction of sp³-hybridized carbons (Fsp3) is 0.267. The molecule has 1 unspecified atom stereocenters. The molecule has 0 aliphatic rings. The first-order valence-electron chi connectivity index (χ1n) is 6.50. The van der Waals surface area contributed by atoms with E-state index in [1.807, 2.05) is 0 Å². The molecular formula is C15H15FN2O3. The van der Waals surface area contributed by atoms with Gasteiger partial charge in [0.25, 0.3) is 5.56 Å². The highest BCUT2D eigenvalue weighted by atomic mass is 19.1. The van der Waals surface area contributed by atoms with Crippen LogP contribution in [-0.4, -0.2) is 22.9 Å². The van der Waals surface area contributed by atoms with Gasteiger partial charge in [0.1, 0.15) is 5.82 Å². The molecule has 2 aromatic rings. The van der Waals surface area contributed by atoms with E-state index in [1.165, 1.54) is 31.4 Å². The van der Waals surface area contributed by atoms with Crippen molar-refractivity contribution in [2.24, 2.45) is 0 Å². The molecule has 1 aromatic heterocycles. The highest BCUT2D eigenvalue weighted by Crippen LogP contribution is 2.17. The number of esters is 1. The Hall–Kier alpha value is -2.50. The van der Waals surface area contributed by atoms with Gasteiger partial charge in [-0.05, 0) is 36.8 Å². The van der Waals surface area contributed by atoms with Crippen LogP contribution in [0.4, 0.5) is 4.39 Å². The molecule has 2 rings (SSSR count). The fourth-order valence-corrected chi connectivity index (χ4v) is 2.00. The molecule has 110 valence electrons. The van der Waals surface area contributed by atoms with Crippen molar-refractivity contribution in [1.82, 2.24) is 9.78 Å². The van der Waals surface area contributed by atoms with Crippen molar-refractivity contribution < 1.29 is 13.9 Å². The minimum absolute atomic E-state index is 0.354. The fourth-order valence-electron chi connectivity index (χ4n) is 2.00. The van der Waals surface area contributed by atoms with Gasteiger partial charge in [-0.3, -0.25) is 4.79 Å². The molecule has 1 aromatic carbocycles. The van der Waals surface area contributed by atoms with E-state index >= 15 is 0 Å². The number of rotatable bonds is 4. The number of ether oxygens (including phenoxy) is 1. The number of nitrogens with zero attached hydrogens (tertiary/aromatic N) is 2. The standard InChI is InChI=1S/C15H15FN2O3/c1-3-13(15(20)21-2)18-14(19)9-8-12(17-18)10-4-6-11(16)7-5-10/h4-9,13H,3H2,1-2H3. The van der Waals surface area contributed by atoms with E-state index in [2.05, 4.69) is 9.84 Å². The predicted octanol–water partition coefficient (Wildman–Crippen LogP) is 2.17. The number of aromatic nitrogens is 2. The van der Waals surface area contributed by atoms with Gasteiger partial charge in [0.2, 0.25) is 0 Å². The zero-order valence-corrected chi connectivity index (χ0v) is 11.7. The first-order chi connectivity index (χ1) is 10.1. The summed E-state index contributed by atoms with van der Waals surface area (Å²) >= 11 is 0. The molecule has 5 nitrogen and oxygen atoms in total. The van der Waals surface area contributed by atoms with Gasteiger partial charge in [0, 0.05) is 11.6 Å². The molecule has 0 radical (unpaired) electrons. The van der Waals surface area contributed by atoms with Gasteiger partial charge < -0.3 is 4.74 Å². The van der Waals surface area contributed by atoms with Crippen LogP contribution in [0.3, 0.4) is 0 Å². The summed E-state index contributed by atoms with van der Waals surface area (Å²) in [4.78, 5) is 23.6. The van der Waals surface area contributed by atoms with E-state index in [0.717, 1.165) is 4.68 Å². The van der Waals surface area contributed by atoms with E-state index in [9.17, 15) is 14.0 Å². The average molecular weight is 290 g/mol. The first kappa shape index (κ1) is 14.9. The monoisotopic (exact) mass is 290 g/mol. The largest absolute Gasteiger partial charge is 0.467 e.